The first-order chi connectivity index (χ1) is 14.6. The number of hydrogen-bond donors (Lipinski definition) is 1. The zero-order valence-electron chi connectivity index (χ0n) is 17.7. The zero-order valence-corrected chi connectivity index (χ0v) is 17.7. The topological polar surface area (TPSA) is 54.4 Å². The van der Waals surface area contributed by atoms with Crippen molar-refractivity contribution in [1.82, 2.24) is 9.96 Å². The summed E-state index contributed by atoms with van der Waals surface area (Å²) in [6, 6.07) is 16.1. The number of benzene rings is 2. The zero-order chi connectivity index (χ0) is 20.8. The van der Waals surface area contributed by atoms with Gasteiger partial charge in [0.15, 0.2) is 0 Å². The van der Waals surface area contributed by atoms with Gasteiger partial charge in [0.1, 0.15) is 30.3 Å². The molecular weight excluding hydrogens is 380 g/mol. The standard InChI is InChI=1S/C24H32N2O4/c1-19-6-4-9-23(12-19)30-24-16-25(17-24)15-21(27)18-28-22-8-5-7-20(13-22)14-26-10-2-3-11-29-26/h4-9,12-13,21,24,27H,2-3,10-11,14-18H2,1H3. The van der Waals surface area contributed by atoms with Crippen LogP contribution in [0.25, 0.3) is 0 Å². The number of hydrogen-bond acceptors (Lipinski definition) is 6. The van der Waals surface area contributed by atoms with E-state index in [-0.39, 0.29) is 12.7 Å². The number of nitrogens with zero attached hydrogens (tertiary/aromatic N) is 2. The lowest BCUT2D eigenvalue weighted by atomic mass is 10.1. The van der Waals surface area contributed by atoms with Crippen LogP contribution in [0.3, 0.4) is 0 Å². The summed E-state index contributed by atoms with van der Waals surface area (Å²) in [7, 11) is 0. The maximum absolute atomic E-state index is 10.4. The molecule has 2 aliphatic rings. The Morgan fingerprint density at radius 2 is 1.93 bits per heavy atom. The van der Waals surface area contributed by atoms with Gasteiger partial charge in [0.05, 0.1) is 6.61 Å². The molecule has 0 radical (unpaired) electrons. The molecular formula is C24H32N2O4. The van der Waals surface area contributed by atoms with Gasteiger partial charge in [-0.25, -0.2) is 0 Å². The predicted octanol–water partition coefficient (Wildman–Crippen LogP) is 3.03. The fourth-order valence-electron chi connectivity index (χ4n) is 3.88. The molecule has 2 aliphatic heterocycles. The van der Waals surface area contributed by atoms with Crippen molar-refractivity contribution in [3.05, 3.63) is 59.7 Å². The molecule has 2 heterocycles. The third kappa shape index (κ3) is 6.19. The average molecular weight is 413 g/mol. The highest BCUT2D eigenvalue weighted by Gasteiger charge is 2.30. The first kappa shape index (κ1) is 21.1. The van der Waals surface area contributed by atoms with E-state index in [1.165, 1.54) is 12.0 Å². The number of rotatable bonds is 9. The Morgan fingerprint density at radius 3 is 2.73 bits per heavy atom. The van der Waals surface area contributed by atoms with E-state index >= 15 is 0 Å². The number of β-amino-alcohol motifs (C(OH)–C–C–N with tert-alkyl or cyclic N) is 1. The van der Waals surface area contributed by atoms with Gasteiger partial charge in [-0.2, -0.15) is 5.06 Å². The fraction of sp³-hybridized carbons (Fsp3) is 0.500. The van der Waals surface area contributed by atoms with Crippen LogP contribution < -0.4 is 9.47 Å². The van der Waals surface area contributed by atoms with Gasteiger partial charge in [0.25, 0.3) is 0 Å². The Hall–Kier alpha value is -2.12. The summed E-state index contributed by atoms with van der Waals surface area (Å²) in [5.41, 5.74) is 2.35. The van der Waals surface area contributed by atoms with Crippen LogP contribution in [0.15, 0.2) is 48.5 Å². The molecule has 0 amide bonds. The van der Waals surface area contributed by atoms with Crippen LogP contribution in [0, 0.1) is 6.92 Å². The van der Waals surface area contributed by atoms with Crippen LogP contribution >= 0.6 is 0 Å². The molecule has 30 heavy (non-hydrogen) atoms. The molecule has 2 saturated heterocycles. The molecule has 162 valence electrons. The van der Waals surface area contributed by atoms with Crippen LogP contribution in [-0.4, -0.2) is 66.7 Å². The van der Waals surface area contributed by atoms with E-state index in [1.807, 2.05) is 35.4 Å². The molecule has 1 atom stereocenters. The first-order valence-corrected chi connectivity index (χ1v) is 10.9. The van der Waals surface area contributed by atoms with Crippen molar-refractivity contribution >= 4 is 0 Å². The van der Waals surface area contributed by atoms with Crippen molar-refractivity contribution in [2.45, 2.75) is 38.5 Å². The Kier molecular flexibility index (Phi) is 7.23. The van der Waals surface area contributed by atoms with Gasteiger partial charge < -0.3 is 14.6 Å². The van der Waals surface area contributed by atoms with E-state index in [2.05, 4.69) is 30.0 Å². The molecule has 0 aliphatic carbocycles. The molecule has 2 aromatic rings. The molecule has 1 N–H and O–H groups in total. The van der Waals surface area contributed by atoms with Gasteiger partial charge in [-0.05, 0) is 55.2 Å². The smallest absolute Gasteiger partial charge is 0.124 e. The minimum Gasteiger partial charge on any atom is -0.491 e. The first-order valence-electron chi connectivity index (χ1n) is 10.9. The minimum atomic E-state index is -0.529. The van der Waals surface area contributed by atoms with Crippen molar-refractivity contribution in [1.29, 1.82) is 0 Å². The molecule has 0 aromatic heterocycles. The number of ether oxygens (including phenoxy) is 2. The number of hydroxylamine groups is 2. The van der Waals surface area contributed by atoms with Crippen LogP contribution in [0.4, 0.5) is 0 Å². The summed E-state index contributed by atoms with van der Waals surface area (Å²) in [6.07, 6.45) is 1.97. The minimum absolute atomic E-state index is 0.189. The molecule has 6 heteroatoms. The Bertz CT molecular complexity index is 803. The quantitative estimate of drug-likeness (QED) is 0.683. The van der Waals surface area contributed by atoms with E-state index in [0.717, 1.165) is 56.3 Å². The van der Waals surface area contributed by atoms with Crippen LogP contribution in [-0.2, 0) is 11.4 Å². The van der Waals surface area contributed by atoms with E-state index in [4.69, 9.17) is 14.3 Å². The van der Waals surface area contributed by atoms with Gasteiger partial charge in [-0.3, -0.25) is 9.74 Å². The molecule has 1 unspecified atom stereocenters. The van der Waals surface area contributed by atoms with Gasteiger partial charge in [-0.1, -0.05) is 24.3 Å². The van der Waals surface area contributed by atoms with Crippen LogP contribution in [0.1, 0.15) is 24.0 Å². The van der Waals surface area contributed by atoms with E-state index in [9.17, 15) is 5.11 Å². The Balaban J connectivity index is 1.16. The summed E-state index contributed by atoms with van der Waals surface area (Å²) in [5.74, 6) is 1.70. The number of aryl methyl sites for hydroxylation is 1. The average Bonchev–Trinajstić information content (AvgIpc) is 2.72. The van der Waals surface area contributed by atoms with E-state index in [1.54, 1.807) is 0 Å². The van der Waals surface area contributed by atoms with Gasteiger partial charge in [0, 0.05) is 32.7 Å². The predicted molar refractivity (Wildman–Crippen MR) is 116 cm³/mol. The van der Waals surface area contributed by atoms with Crippen molar-refractivity contribution in [3.63, 3.8) is 0 Å². The van der Waals surface area contributed by atoms with Gasteiger partial charge in [-0.15, -0.1) is 0 Å². The van der Waals surface area contributed by atoms with Crippen LogP contribution in [0.2, 0.25) is 0 Å². The molecule has 0 spiro atoms. The number of aliphatic hydroxyl groups excluding tert-OH is 1. The van der Waals surface area contributed by atoms with Crippen molar-refractivity contribution in [2.75, 3.05) is 39.4 Å². The molecule has 6 nitrogen and oxygen atoms in total. The lowest BCUT2D eigenvalue weighted by Crippen LogP contribution is -2.56. The molecule has 0 saturated carbocycles. The van der Waals surface area contributed by atoms with Crippen molar-refractivity contribution < 1.29 is 19.4 Å². The highest BCUT2D eigenvalue weighted by atomic mass is 16.7. The summed E-state index contributed by atoms with van der Waals surface area (Å²) < 4.78 is 11.8. The monoisotopic (exact) mass is 412 g/mol. The maximum atomic E-state index is 10.4. The van der Waals surface area contributed by atoms with Gasteiger partial charge >= 0.3 is 0 Å². The second kappa shape index (κ2) is 10.3. The van der Waals surface area contributed by atoms with Crippen LogP contribution in [0.5, 0.6) is 11.5 Å². The normalized spacial score (nSPS) is 19.3. The highest BCUT2D eigenvalue weighted by Crippen LogP contribution is 2.20. The highest BCUT2D eigenvalue weighted by molar-refractivity contribution is 5.29. The molecule has 4 rings (SSSR count). The lowest BCUT2D eigenvalue weighted by Gasteiger charge is -2.39. The fourth-order valence-corrected chi connectivity index (χ4v) is 3.88. The molecule has 2 aromatic carbocycles. The lowest BCUT2D eigenvalue weighted by molar-refractivity contribution is -0.187. The maximum Gasteiger partial charge on any atom is 0.124 e. The largest absolute Gasteiger partial charge is 0.491 e. The Labute approximate surface area is 178 Å². The van der Waals surface area contributed by atoms with E-state index in [0.29, 0.717) is 6.54 Å². The second-order valence-electron chi connectivity index (χ2n) is 8.29. The number of aliphatic hydroxyl groups is 1. The molecule has 0 bridgehead atoms. The summed E-state index contributed by atoms with van der Waals surface area (Å²) >= 11 is 0. The third-order valence-corrected chi connectivity index (χ3v) is 5.46. The van der Waals surface area contributed by atoms with Crippen molar-refractivity contribution in [2.24, 2.45) is 0 Å². The Morgan fingerprint density at radius 1 is 1.10 bits per heavy atom. The number of likely N-dealkylation sites (tertiary alicyclic amines) is 1. The van der Waals surface area contributed by atoms with Crippen molar-refractivity contribution in [3.8, 4) is 11.5 Å². The third-order valence-electron chi connectivity index (χ3n) is 5.46. The SMILES string of the molecule is Cc1cccc(OC2CN(CC(O)COc3cccc(CN4CCCCO4)c3)C2)c1. The van der Waals surface area contributed by atoms with E-state index < -0.39 is 6.10 Å². The summed E-state index contributed by atoms with van der Waals surface area (Å²) in [4.78, 5) is 7.86. The summed E-state index contributed by atoms with van der Waals surface area (Å²) in [5, 5.41) is 12.4. The molecule has 2 fully saturated rings. The second-order valence-corrected chi connectivity index (χ2v) is 8.29. The van der Waals surface area contributed by atoms with Gasteiger partial charge in [0.2, 0.25) is 0 Å². The summed E-state index contributed by atoms with van der Waals surface area (Å²) in [6.45, 7) is 7.12.